The molecule has 6 nitrogen and oxygen atoms in total. The van der Waals surface area contributed by atoms with Gasteiger partial charge in [-0.3, -0.25) is 4.90 Å². The smallest absolute Gasteiger partial charge is 0.161 e. The first-order chi connectivity index (χ1) is 13.9. The number of aryl methyl sites for hydroxylation is 1. The van der Waals surface area contributed by atoms with E-state index in [1.165, 1.54) is 5.56 Å². The molecule has 158 valence electrons. The fourth-order valence-corrected chi connectivity index (χ4v) is 3.58. The number of aromatic nitrogens is 1. The van der Waals surface area contributed by atoms with Gasteiger partial charge in [-0.25, -0.2) is 4.98 Å². The normalized spacial score (nSPS) is 15.5. The minimum absolute atomic E-state index is 0.469. The molecule has 2 aromatic rings. The van der Waals surface area contributed by atoms with Gasteiger partial charge in [-0.1, -0.05) is 19.9 Å². The van der Waals surface area contributed by atoms with E-state index >= 15 is 0 Å². The number of hydrogen-bond acceptors (Lipinski definition) is 6. The first-order valence-electron chi connectivity index (χ1n) is 10.5. The van der Waals surface area contributed by atoms with Crippen LogP contribution in [0.1, 0.15) is 37.8 Å². The van der Waals surface area contributed by atoms with Gasteiger partial charge in [0, 0.05) is 25.7 Å². The van der Waals surface area contributed by atoms with Crippen molar-refractivity contribution in [3.05, 3.63) is 41.6 Å². The number of methoxy groups -OCH3 is 1. The van der Waals surface area contributed by atoms with Gasteiger partial charge in [0.15, 0.2) is 11.5 Å². The highest BCUT2D eigenvalue weighted by molar-refractivity contribution is 5.51. The summed E-state index contributed by atoms with van der Waals surface area (Å²) in [5.74, 6) is 2.71. The van der Waals surface area contributed by atoms with E-state index in [2.05, 4.69) is 47.2 Å². The topological polar surface area (TPSA) is 72.6 Å². The Morgan fingerprint density at radius 1 is 1.21 bits per heavy atom. The number of ether oxygens (including phenoxy) is 2. The van der Waals surface area contributed by atoms with Crippen molar-refractivity contribution in [2.75, 3.05) is 37.9 Å². The summed E-state index contributed by atoms with van der Waals surface area (Å²) in [6.45, 7) is 10.0. The van der Waals surface area contributed by atoms with E-state index in [1.54, 1.807) is 7.11 Å². The van der Waals surface area contributed by atoms with Crippen molar-refractivity contribution in [2.45, 2.75) is 46.2 Å². The second kappa shape index (κ2) is 9.83. The molecule has 1 aliphatic rings. The molecular weight excluding hydrogens is 364 g/mol. The van der Waals surface area contributed by atoms with Crippen molar-refractivity contribution in [3.63, 3.8) is 0 Å². The maximum atomic E-state index is 5.95. The monoisotopic (exact) mass is 398 g/mol. The molecule has 1 aromatic carbocycles. The molecule has 0 amide bonds. The molecule has 2 heterocycles. The van der Waals surface area contributed by atoms with Gasteiger partial charge < -0.3 is 20.5 Å². The third-order valence-corrected chi connectivity index (χ3v) is 5.28. The number of likely N-dealkylation sites (tertiary alicyclic amines) is 1. The van der Waals surface area contributed by atoms with E-state index in [9.17, 15) is 0 Å². The van der Waals surface area contributed by atoms with Gasteiger partial charge in [-0.15, -0.1) is 0 Å². The van der Waals surface area contributed by atoms with Crippen molar-refractivity contribution >= 4 is 11.5 Å². The molecular formula is C23H34N4O2. The molecule has 29 heavy (non-hydrogen) atoms. The summed E-state index contributed by atoms with van der Waals surface area (Å²) < 4.78 is 11.4. The highest BCUT2D eigenvalue weighted by Crippen LogP contribution is 2.29. The Morgan fingerprint density at radius 2 is 1.97 bits per heavy atom. The van der Waals surface area contributed by atoms with E-state index in [1.807, 2.05) is 19.2 Å². The lowest BCUT2D eigenvalue weighted by Crippen LogP contribution is -2.38. The minimum Gasteiger partial charge on any atom is -0.493 e. The average Bonchev–Trinajstić information content (AvgIpc) is 2.71. The van der Waals surface area contributed by atoms with Gasteiger partial charge in [0.1, 0.15) is 5.82 Å². The van der Waals surface area contributed by atoms with E-state index in [-0.39, 0.29) is 0 Å². The number of nitrogens with zero attached hydrogens (tertiary/aromatic N) is 2. The number of pyridine rings is 1. The van der Waals surface area contributed by atoms with Crippen molar-refractivity contribution in [3.8, 4) is 11.5 Å². The molecule has 0 saturated carbocycles. The van der Waals surface area contributed by atoms with E-state index in [0.717, 1.165) is 55.2 Å². The Hall–Kier alpha value is -2.47. The summed E-state index contributed by atoms with van der Waals surface area (Å²) >= 11 is 0. The van der Waals surface area contributed by atoms with E-state index < -0.39 is 0 Å². The van der Waals surface area contributed by atoms with E-state index in [0.29, 0.717) is 24.4 Å². The number of anilines is 2. The zero-order valence-corrected chi connectivity index (χ0v) is 18.1. The zero-order valence-electron chi connectivity index (χ0n) is 18.1. The number of benzene rings is 1. The van der Waals surface area contributed by atoms with Crippen LogP contribution in [0.15, 0.2) is 30.5 Å². The van der Waals surface area contributed by atoms with E-state index in [4.69, 9.17) is 15.2 Å². The Bertz CT molecular complexity index is 801. The SMILES string of the molecule is COc1ccc(CN2CCC(Nc3cnc(N)c(C)c3)CC2)cc1OCC(C)C. The molecule has 1 aliphatic heterocycles. The van der Waals surface area contributed by atoms with Gasteiger partial charge in [0.05, 0.1) is 25.6 Å². The third-order valence-electron chi connectivity index (χ3n) is 5.28. The third kappa shape index (κ3) is 6.00. The predicted octanol–water partition coefficient (Wildman–Crippen LogP) is 4.09. The largest absolute Gasteiger partial charge is 0.493 e. The first-order valence-corrected chi connectivity index (χ1v) is 10.5. The molecule has 1 saturated heterocycles. The minimum atomic E-state index is 0.469. The second-order valence-electron chi connectivity index (χ2n) is 8.31. The van der Waals surface area contributed by atoms with Crippen LogP contribution in [0.4, 0.5) is 11.5 Å². The summed E-state index contributed by atoms with van der Waals surface area (Å²) in [6.07, 6.45) is 4.04. The second-order valence-corrected chi connectivity index (χ2v) is 8.31. The highest BCUT2D eigenvalue weighted by Gasteiger charge is 2.20. The van der Waals surface area contributed by atoms with Crippen molar-refractivity contribution in [1.82, 2.24) is 9.88 Å². The summed E-state index contributed by atoms with van der Waals surface area (Å²) in [5, 5.41) is 3.60. The van der Waals surface area contributed by atoms with Crippen molar-refractivity contribution < 1.29 is 9.47 Å². The molecule has 1 aromatic heterocycles. The summed E-state index contributed by atoms with van der Waals surface area (Å²) in [6, 6.07) is 8.81. The Balaban J connectivity index is 1.53. The average molecular weight is 399 g/mol. The molecule has 3 N–H and O–H groups in total. The van der Waals surface area contributed by atoms with Crippen molar-refractivity contribution in [1.29, 1.82) is 0 Å². The Morgan fingerprint density at radius 3 is 2.62 bits per heavy atom. The molecule has 3 rings (SSSR count). The molecule has 0 radical (unpaired) electrons. The van der Waals surface area contributed by atoms with Gasteiger partial charge in [0.2, 0.25) is 0 Å². The van der Waals surface area contributed by atoms with Crippen LogP contribution >= 0.6 is 0 Å². The van der Waals surface area contributed by atoms with Crippen molar-refractivity contribution in [2.24, 2.45) is 5.92 Å². The van der Waals surface area contributed by atoms with Gasteiger partial charge in [-0.05, 0) is 55.0 Å². The Labute approximate surface area is 174 Å². The summed E-state index contributed by atoms with van der Waals surface area (Å²) in [5.41, 5.74) is 9.14. The lowest BCUT2D eigenvalue weighted by molar-refractivity contribution is 0.210. The van der Waals surface area contributed by atoms with Crippen LogP contribution in [0.2, 0.25) is 0 Å². The van der Waals surface area contributed by atoms with Gasteiger partial charge in [-0.2, -0.15) is 0 Å². The number of rotatable bonds is 8. The zero-order chi connectivity index (χ0) is 20.8. The van der Waals surface area contributed by atoms with Crippen LogP contribution in [0.5, 0.6) is 11.5 Å². The first kappa shape index (κ1) is 21.2. The van der Waals surface area contributed by atoms with Gasteiger partial charge >= 0.3 is 0 Å². The molecule has 6 heteroatoms. The van der Waals surface area contributed by atoms with Crippen LogP contribution in [-0.4, -0.2) is 42.7 Å². The Kier molecular flexibility index (Phi) is 7.20. The van der Waals surface area contributed by atoms with Crippen LogP contribution in [-0.2, 0) is 6.54 Å². The molecule has 1 fully saturated rings. The van der Waals surface area contributed by atoms with Crippen LogP contribution in [0.25, 0.3) is 0 Å². The molecule has 0 unspecified atom stereocenters. The molecule has 0 aliphatic carbocycles. The fourth-order valence-electron chi connectivity index (χ4n) is 3.58. The molecule has 0 spiro atoms. The maximum absolute atomic E-state index is 5.95. The number of nitrogen functional groups attached to an aromatic ring is 1. The van der Waals surface area contributed by atoms with Crippen LogP contribution < -0.4 is 20.5 Å². The fraction of sp³-hybridized carbons (Fsp3) is 0.522. The predicted molar refractivity (Wildman–Crippen MR) is 119 cm³/mol. The molecule has 0 bridgehead atoms. The quantitative estimate of drug-likeness (QED) is 0.698. The number of nitrogens with two attached hydrogens (primary N) is 1. The maximum Gasteiger partial charge on any atom is 0.161 e. The summed E-state index contributed by atoms with van der Waals surface area (Å²) in [7, 11) is 1.69. The summed E-state index contributed by atoms with van der Waals surface area (Å²) in [4.78, 5) is 6.74. The number of hydrogen-bond donors (Lipinski definition) is 2. The lowest BCUT2D eigenvalue weighted by Gasteiger charge is -2.33. The van der Waals surface area contributed by atoms with Gasteiger partial charge in [0.25, 0.3) is 0 Å². The highest BCUT2D eigenvalue weighted by atomic mass is 16.5. The number of piperidine rings is 1. The number of nitrogens with one attached hydrogen (secondary N) is 1. The molecule has 0 atom stereocenters. The lowest BCUT2D eigenvalue weighted by atomic mass is 10.0. The standard InChI is InChI=1S/C23H34N4O2/c1-16(2)15-29-22-12-18(5-6-21(22)28-4)14-27-9-7-19(8-10-27)26-20-11-17(3)23(24)25-13-20/h5-6,11-13,16,19,26H,7-10,14-15H2,1-4H3,(H2,24,25). The van der Waals surface area contributed by atoms with Crippen LogP contribution in [0, 0.1) is 12.8 Å². The van der Waals surface area contributed by atoms with Crippen LogP contribution in [0.3, 0.4) is 0 Å².